The smallest absolute Gasteiger partial charge is 0.148 e. The largest absolute Gasteiger partial charge is 0.353 e. The molecule has 5 nitrogen and oxygen atoms in total. The molecule has 0 spiro atoms. The van der Waals surface area contributed by atoms with Gasteiger partial charge in [0.2, 0.25) is 0 Å². The lowest BCUT2D eigenvalue weighted by Gasteiger charge is -2.25. The maximum absolute atomic E-state index is 5.47. The number of nitrogens with two attached hydrogens (primary N) is 1. The second kappa shape index (κ2) is 4.14. The summed E-state index contributed by atoms with van der Waals surface area (Å²) in [7, 11) is 0. The van der Waals surface area contributed by atoms with Crippen molar-refractivity contribution in [3.05, 3.63) is 11.9 Å². The average molecular weight is 233 g/mol. The maximum atomic E-state index is 5.47. The van der Waals surface area contributed by atoms with E-state index in [4.69, 9.17) is 5.84 Å². The summed E-state index contributed by atoms with van der Waals surface area (Å²) in [5, 5.41) is 0. The molecule has 2 fully saturated rings. The Hall–Kier alpha value is -1.36. The molecule has 1 aromatic rings. The van der Waals surface area contributed by atoms with Gasteiger partial charge in [0.05, 0.1) is 0 Å². The number of nitrogens with zero attached hydrogens (tertiary/aromatic N) is 3. The van der Waals surface area contributed by atoms with Gasteiger partial charge in [0.15, 0.2) is 0 Å². The molecule has 92 valence electrons. The quantitative estimate of drug-likeness (QED) is 0.595. The molecule has 17 heavy (non-hydrogen) atoms. The standard InChI is InChI=1S/C12H19N5/c1-8-11(16-13)14-7-15-12(8)17(10-4-5-10)6-9-2-3-9/h7,9-10H,2-6,13H2,1H3,(H,14,15,16). The fraction of sp³-hybridized carbons (Fsp3) is 0.667. The van der Waals surface area contributed by atoms with E-state index >= 15 is 0 Å². The van der Waals surface area contributed by atoms with Crippen LogP contribution in [0.15, 0.2) is 6.33 Å². The zero-order valence-corrected chi connectivity index (χ0v) is 10.2. The van der Waals surface area contributed by atoms with Gasteiger partial charge in [0.1, 0.15) is 18.0 Å². The van der Waals surface area contributed by atoms with Crippen molar-refractivity contribution >= 4 is 11.6 Å². The highest BCUT2D eigenvalue weighted by Crippen LogP contribution is 2.38. The Morgan fingerprint density at radius 1 is 1.35 bits per heavy atom. The highest BCUT2D eigenvalue weighted by Gasteiger charge is 2.35. The first-order chi connectivity index (χ1) is 8.29. The number of rotatable bonds is 5. The minimum atomic E-state index is 0.690. The maximum Gasteiger partial charge on any atom is 0.148 e. The Bertz CT molecular complexity index is 411. The van der Waals surface area contributed by atoms with Crippen LogP contribution in [0.2, 0.25) is 0 Å². The molecule has 5 heteroatoms. The van der Waals surface area contributed by atoms with Crippen molar-refractivity contribution in [2.75, 3.05) is 16.9 Å². The summed E-state index contributed by atoms with van der Waals surface area (Å²) in [5.41, 5.74) is 3.70. The van der Waals surface area contributed by atoms with Crippen molar-refractivity contribution < 1.29 is 0 Å². The first kappa shape index (κ1) is 10.8. The lowest BCUT2D eigenvalue weighted by Crippen LogP contribution is -2.30. The molecule has 0 saturated heterocycles. The summed E-state index contributed by atoms with van der Waals surface area (Å²) >= 11 is 0. The molecular formula is C12H19N5. The number of nitrogen functional groups attached to an aromatic ring is 1. The van der Waals surface area contributed by atoms with E-state index in [9.17, 15) is 0 Å². The van der Waals surface area contributed by atoms with Crippen LogP contribution in [-0.2, 0) is 0 Å². The minimum Gasteiger partial charge on any atom is -0.353 e. The topological polar surface area (TPSA) is 67.1 Å². The van der Waals surface area contributed by atoms with Crippen LogP contribution in [0.4, 0.5) is 11.6 Å². The molecule has 2 aliphatic carbocycles. The lowest BCUT2D eigenvalue weighted by molar-refractivity contribution is 0.705. The van der Waals surface area contributed by atoms with E-state index in [-0.39, 0.29) is 0 Å². The fourth-order valence-electron chi connectivity index (χ4n) is 2.25. The zero-order chi connectivity index (χ0) is 11.8. The van der Waals surface area contributed by atoms with Gasteiger partial charge >= 0.3 is 0 Å². The van der Waals surface area contributed by atoms with Gasteiger partial charge in [-0.15, -0.1) is 0 Å². The number of aromatic nitrogens is 2. The summed E-state index contributed by atoms with van der Waals surface area (Å²) in [6.07, 6.45) is 6.92. The van der Waals surface area contributed by atoms with Gasteiger partial charge in [0.25, 0.3) is 0 Å². The van der Waals surface area contributed by atoms with Crippen LogP contribution in [0.25, 0.3) is 0 Å². The van der Waals surface area contributed by atoms with E-state index < -0.39 is 0 Å². The second-order valence-corrected chi connectivity index (χ2v) is 5.14. The Morgan fingerprint density at radius 2 is 2.12 bits per heavy atom. The van der Waals surface area contributed by atoms with Crippen LogP contribution < -0.4 is 16.2 Å². The minimum absolute atomic E-state index is 0.690. The van der Waals surface area contributed by atoms with Crippen LogP contribution in [0.3, 0.4) is 0 Å². The molecule has 3 N–H and O–H groups in total. The number of anilines is 2. The molecule has 2 saturated carbocycles. The lowest BCUT2D eigenvalue weighted by atomic mass is 10.2. The Balaban J connectivity index is 1.88. The van der Waals surface area contributed by atoms with Gasteiger partial charge in [0, 0.05) is 18.2 Å². The normalized spacial score (nSPS) is 19.2. The monoisotopic (exact) mass is 233 g/mol. The van der Waals surface area contributed by atoms with Crippen molar-refractivity contribution in [1.29, 1.82) is 0 Å². The number of nitrogens with one attached hydrogen (secondary N) is 1. The molecule has 0 amide bonds. The average Bonchev–Trinajstić information content (AvgIpc) is 3.19. The van der Waals surface area contributed by atoms with Crippen molar-refractivity contribution in [2.45, 2.75) is 38.6 Å². The Kier molecular flexibility index (Phi) is 2.63. The summed E-state index contributed by atoms with van der Waals surface area (Å²) in [5.74, 6) is 8.13. The van der Waals surface area contributed by atoms with Gasteiger partial charge in [-0.05, 0) is 38.5 Å². The van der Waals surface area contributed by atoms with E-state index in [0.717, 1.165) is 29.7 Å². The molecule has 0 aromatic carbocycles. The zero-order valence-electron chi connectivity index (χ0n) is 10.2. The van der Waals surface area contributed by atoms with Crippen LogP contribution >= 0.6 is 0 Å². The number of hydrogen-bond acceptors (Lipinski definition) is 5. The van der Waals surface area contributed by atoms with Gasteiger partial charge in [-0.2, -0.15) is 0 Å². The Morgan fingerprint density at radius 3 is 2.71 bits per heavy atom. The van der Waals surface area contributed by atoms with Crippen molar-refractivity contribution in [1.82, 2.24) is 9.97 Å². The van der Waals surface area contributed by atoms with E-state index in [2.05, 4.69) is 20.3 Å². The highest BCUT2D eigenvalue weighted by atomic mass is 15.3. The predicted molar refractivity (Wildman–Crippen MR) is 67.7 cm³/mol. The first-order valence-electron chi connectivity index (χ1n) is 6.34. The third-order valence-electron chi connectivity index (χ3n) is 3.61. The van der Waals surface area contributed by atoms with E-state index in [1.165, 1.54) is 25.7 Å². The molecule has 0 unspecified atom stereocenters. The molecule has 0 radical (unpaired) electrons. The summed E-state index contributed by atoms with van der Waals surface area (Å²) < 4.78 is 0. The predicted octanol–water partition coefficient (Wildman–Crippen LogP) is 1.45. The molecule has 0 atom stereocenters. The molecule has 1 aromatic heterocycles. The van der Waals surface area contributed by atoms with Crippen LogP contribution in [0.5, 0.6) is 0 Å². The van der Waals surface area contributed by atoms with E-state index in [1.54, 1.807) is 6.33 Å². The first-order valence-corrected chi connectivity index (χ1v) is 6.34. The van der Waals surface area contributed by atoms with Gasteiger partial charge in [-0.3, -0.25) is 0 Å². The van der Waals surface area contributed by atoms with Gasteiger partial charge < -0.3 is 10.3 Å². The fourth-order valence-corrected chi connectivity index (χ4v) is 2.25. The molecule has 3 rings (SSSR count). The Labute approximate surface area is 101 Å². The summed E-state index contributed by atoms with van der Waals surface area (Å²) in [6, 6.07) is 0.690. The SMILES string of the molecule is Cc1c(NN)ncnc1N(CC1CC1)C1CC1. The summed E-state index contributed by atoms with van der Waals surface area (Å²) in [4.78, 5) is 11.0. The molecular weight excluding hydrogens is 214 g/mol. The molecule has 1 heterocycles. The van der Waals surface area contributed by atoms with Crippen molar-refractivity contribution in [2.24, 2.45) is 11.8 Å². The van der Waals surface area contributed by atoms with Crippen molar-refractivity contribution in [3.8, 4) is 0 Å². The number of hydrogen-bond donors (Lipinski definition) is 2. The molecule has 2 aliphatic rings. The number of hydrazine groups is 1. The summed E-state index contributed by atoms with van der Waals surface area (Å²) in [6.45, 7) is 3.18. The van der Waals surface area contributed by atoms with Crippen LogP contribution in [-0.4, -0.2) is 22.6 Å². The molecule has 0 aliphatic heterocycles. The van der Waals surface area contributed by atoms with Crippen LogP contribution in [0, 0.1) is 12.8 Å². The third-order valence-corrected chi connectivity index (χ3v) is 3.61. The van der Waals surface area contributed by atoms with Crippen LogP contribution in [0.1, 0.15) is 31.2 Å². The second-order valence-electron chi connectivity index (χ2n) is 5.14. The van der Waals surface area contributed by atoms with E-state index in [0.29, 0.717) is 6.04 Å². The molecule has 0 bridgehead atoms. The van der Waals surface area contributed by atoms with Gasteiger partial charge in [-0.25, -0.2) is 15.8 Å². The van der Waals surface area contributed by atoms with Gasteiger partial charge in [-0.1, -0.05) is 0 Å². The highest BCUT2D eigenvalue weighted by molar-refractivity contribution is 5.58. The van der Waals surface area contributed by atoms with E-state index in [1.807, 2.05) is 6.92 Å². The third kappa shape index (κ3) is 2.20. The van der Waals surface area contributed by atoms with Crippen molar-refractivity contribution in [3.63, 3.8) is 0 Å².